The quantitative estimate of drug-likeness (QED) is 0.826. The maximum absolute atomic E-state index is 2.68. The van der Waals surface area contributed by atoms with Crippen LogP contribution in [0.5, 0.6) is 0 Å². The van der Waals surface area contributed by atoms with Gasteiger partial charge < -0.3 is 9.80 Å². The Kier molecular flexibility index (Phi) is 4.49. The molecule has 0 N–H and O–H groups in total. The van der Waals surface area contributed by atoms with Crippen LogP contribution in [0.2, 0.25) is 0 Å². The molecule has 0 saturated carbocycles. The van der Waals surface area contributed by atoms with Gasteiger partial charge in [0.25, 0.3) is 0 Å². The monoisotopic (exact) mass is 300 g/mol. The Morgan fingerprint density at radius 3 is 2.14 bits per heavy atom. The molecule has 2 fully saturated rings. The number of anilines is 1. The molecule has 0 aliphatic carbocycles. The molecule has 2 nitrogen and oxygen atoms in total. The van der Waals surface area contributed by atoms with Gasteiger partial charge in [-0.2, -0.15) is 0 Å². The lowest BCUT2D eigenvalue weighted by Gasteiger charge is -2.48. The van der Waals surface area contributed by atoms with Crippen LogP contribution in [-0.2, 0) is 0 Å². The van der Waals surface area contributed by atoms with Crippen LogP contribution in [0.4, 0.5) is 5.69 Å². The van der Waals surface area contributed by atoms with Gasteiger partial charge in [0, 0.05) is 38.4 Å². The van der Waals surface area contributed by atoms with Crippen molar-refractivity contribution in [2.45, 2.75) is 40.5 Å². The van der Waals surface area contributed by atoms with Gasteiger partial charge in [0.05, 0.1) is 0 Å². The first kappa shape index (κ1) is 15.9. The molecule has 2 heteroatoms. The standard InChI is InChI=1S/C20H32N2/c1-16-5-7-19(8-6-16)22-11-9-17(10-12-22)13-21-14-18(15-21)20(2,3)4/h5-8,17-18H,9-15H2,1-4H3. The summed E-state index contributed by atoms with van der Waals surface area (Å²) in [5.41, 5.74) is 3.25. The van der Waals surface area contributed by atoms with E-state index in [1.807, 2.05) is 0 Å². The molecule has 1 aromatic carbocycles. The van der Waals surface area contributed by atoms with Gasteiger partial charge >= 0.3 is 0 Å². The lowest BCUT2D eigenvalue weighted by atomic mass is 9.75. The smallest absolute Gasteiger partial charge is 0.0366 e. The minimum atomic E-state index is 0.491. The second-order valence-electron chi connectivity index (χ2n) is 8.55. The molecular weight excluding hydrogens is 268 g/mol. The Bertz CT molecular complexity index is 471. The van der Waals surface area contributed by atoms with Crippen LogP contribution in [0.25, 0.3) is 0 Å². The van der Waals surface area contributed by atoms with E-state index in [0.717, 1.165) is 11.8 Å². The van der Waals surface area contributed by atoms with Crippen molar-refractivity contribution in [2.24, 2.45) is 17.3 Å². The van der Waals surface area contributed by atoms with Crippen molar-refractivity contribution < 1.29 is 0 Å². The minimum absolute atomic E-state index is 0.491. The van der Waals surface area contributed by atoms with Crippen molar-refractivity contribution in [3.05, 3.63) is 29.8 Å². The number of hydrogen-bond donors (Lipinski definition) is 0. The topological polar surface area (TPSA) is 6.48 Å². The molecule has 0 atom stereocenters. The van der Waals surface area contributed by atoms with Crippen LogP contribution in [0.1, 0.15) is 39.2 Å². The van der Waals surface area contributed by atoms with Crippen LogP contribution in [0.15, 0.2) is 24.3 Å². The van der Waals surface area contributed by atoms with Gasteiger partial charge in [-0.25, -0.2) is 0 Å². The summed E-state index contributed by atoms with van der Waals surface area (Å²) in [6.45, 7) is 15.7. The molecule has 2 saturated heterocycles. The van der Waals surface area contributed by atoms with E-state index in [2.05, 4.69) is 61.8 Å². The van der Waals surface area contributed by atoms with Gasteiger partial charge in [-0.1, -0.05) is 38.5 Å². The van der Waals surface area contributed by atoms with Gasteiger partial charge in [0.1, 0.15) is 0 Å². The summed E-state index contributed by atoms with van der Waals surface area (Å²) in [6.07, 6.45) is 2.70. The van der Waals surface area contributed by atoms with E-state index in [-0.39, 0.29) is 0 Å². The lowest BCUT2D eigenvalue weighted by Crippen LogP contribution is -2.54. The Morgan fingerprint density at radius 1 is 1.00 bits per heavy atom. The Hall–Kier alpha value is -1.02. The van der Waals surface area contributed by atoms with Gasteiger partial charge in [-0.3, -0.25) is 0 Å². The highest BCUT2D eigenvalue weighted by atomic mass is 15.2. The summed E-state index contributed by atoms with van der Waals surface area (Å²) in [4.78, 5) is 5.24. The van der Waals surface area contributed by atoms with Crippen molar-refractivity contribution in [2.75, 3.05) is 37.6 Å². The van der Waals surface area contributed by atoms with E-state index in [4.69, 9.17) is 0 Å². The van der Waals surface area contributed by atoms with E-state index in [1.165, 1.54) is 56.8 Å². The van der Waals surface area contributed by atoms with Crippen molar-refractivity contribution in [1.82, 2.24) is 4.90 Å². The third-order valence-corrected chi connectivity index (χ3v) is 5.71. The summed E-state index contributed by atoms with van der Waals surface area (Å²) in [5, 5.41) is 0. The van der Waals surface area contributed by atoms with Gasteiger partial charge in [0.2, 0.25) is 0 Å². The maximum atomic E-state index is 2.68. The molecule has 0 unspecified atom stereocenters. The van der Waals surface area contributed by atoms with Crippen LogP contribution in [0, 0.1) is 24.2 Å². The average molecular weight is 300 g/mol. The Morgan fingerprint density at radius 2 is 1.59 bits per heavy atom. The summed E-state index contributed by atoms with van der Waals surface area (Å²) in [5.74, 6) is 1.81. The number of hydrogen-bond acceptors (Lipinski definition) is 2. The van der Waals surface area contributed by atoms with Gasteiger partial charge in [0.15, 0.2) is 0 Å². The molecule has 2 aliphatic rings. The molecule has 2 heterocycles. The molecule has 3 rings (SSSR count). The van der Waals surface area contributed by atoms with E-state index >= 15 is 0 Å². The lowest BCUT2D eigenvalue weighted by molar-refractivity contribution is 0.0115. The SMILES string of the molecule is Cc1ccc(N2CCC(CN3CC(C(C)(C)C)C3)CC2)cc1. The first-order valence-corrected chi connectivity index (χ1v) is 8.96. The van der Waals surface area contributed by atoms with Crippen LogP contribution >= 0.6 is 0 Å². The first-order valence-electron chi connectivity index (χ1n) is 8.96. The molecule has 0 aromatic heterocycles. The normalized spacial score (nSPS) is 21.9. The van der Waals surface area contributed by atoms with Gasteiger partial charge in [-0.05, 0) is 49.1 Å². The number of benzene rings is 1. The number of likely N-dealkylation sites (tertiary alicyclic amines) is 1. The number of aryl methyl sites for hydroxylation is 1. The molecule has 0 radical (unpaired) electrons. The first-order chi connectivity index (χ1) is 10.4. The molecule has 122 valence electrons. The number of rotatable bonds is 3. The highest BCUT2D eigenvalue weighted by molar-refractivity contribution is 5.47. The highest BCUT2D eigenvalue weighted by Crippen LogP contribution is 2.34. The third kappa shape index (κ3) is 3.65. The third-order valence-electron chi connectivity index (χ3n) is 5.71. The summed E-state index contributed by atoms with van der Waals surface area (Å²) in [6, 6.07) is 9.01. The van der Waals surface area contributed by atoms with Crippen LogP contribution in [0.3, 0.4) is 0 Å². The molecule has 0 amide bonds. The van der Waals surface area contributed by atoms with E-state index in [1.54, 1.807) is 0 Å². The fourth-order valence-corrected chi connectivity index (χ4v) is 3.76. The summed E-state index contributed by atoms with van der Waals surface area (Å²) < 4.78 is 0. The maximum Gasteiger partial charge on any atom is 0.0366 e. The zero-order valence-corrected chi connectivity index (χ0v) is 14.8. The van der Waals surface area contributed by atoms with Gasteiger partial charge in [-0.15, -0.1) is 0 Å². The van der Waals surface area contributed by atoms with Crippen molar-refractivity contribution in [1.29, 1.82) is 0 Å². The predicted molar refractivity (Wildman–Crippen MR) is 95.5 cm³/mol. The Labute approximate surface area is 136 Å². The number of nitrogens with zero attached hydrogens (tertiary/aromatic N) is 2. The Balaban J connectivity index is 1.42. The van der Waals surface area contributed by atoms with E-state index in [9.17, 15) is 0 Å². The van der Waals surface area contributed by atoms with Crippen molar-refractivity contribution >= 4 is 5.69 Å². The predicted octanol–water partition coefficient (Wildman–Crippen LogP) is 4.19. The second-order valence-corrected chi connectivity index (χ2v) is 8.55. The molecule has 2 aliphatic heterocycles. The largest absolute Gasteiger partial charge is 0.372 e. The van der Waals surface area contributed by atoms with Crippen molar-refractivity contribution in [3.8, 4) is 0 Å². The highest BCUT2D eigenvalue weighted by Gasteiger charge is 2.36. The van der Waals surface area contributed by atoms with Crippen LogP contribution in [-0.4, -0.2) is 37.6 Å². The number of piperidine rings is 1. The fourth-order valence-electron chi connectivity index (χ4n) is 3.76. The minimum Gasteiger partial charge on any atom is -0.372 e. The fraction of sp³-hybridized carbons (Fsp3) is 0.700. The zero-order chi connectivity index (χ0) is 15.7. The van der Waals surface area contributed by atoms with Crippen LogP contribution < -0.4 is 4.90 Å². The van der Waals surface area contributed by atoms with E-state index < -0.39 is 0 Å². The average Bonchev–Trinajstić information content (AvgIpc) is 2.43. The molecule has 0 bridgehead atoms. The summed E-state index contributed by atoms with van der Waals surface area (Å²) in [7, 11) is 0. The molecule has 22 heavy (non-hydrogen) atoms. The molecular formula is C20H32N2. The molecule has 0 spiro atoms. The summed E-state index contributed by atoms with van der Waals surface area (Å²) >= 11 is 0. The van der Waals surface area contributed by atoms with E-state index in [0.29, 0.717) is 5.41 Å². The zero-order valence-electron chi connectivity index (χ0n) is 14.8. The molecule has 1 aromatic rings. The second kappa shape index (κ2) is 6.23. The van der Waals surface area contributed by atoms with Crippen molar-refractivity contribution in [3.63, 3.8) is 0 Å².